The summed E-state index contributed by atoms with van der Waals surface area (Å²) >= 11 is 0. The first kappa shape index (κ1) is 13.5. The molecule has 1 aromatic rings. The predicted octanol–water partition coefficient (Wildman–Crippen LogP) is 0.585. The Labute approximate surface area is 108 Å². The van der Waals surface area contributed by atoms with Crippen molar-refractivity contribution in [3.8, 4) is 0 Å². The van der Waals surface area contributed by atoms with Crippen LogP contribution in [0, 0.1) is 6.92 Å². The van der Waals surface area contributed by atoms with Gasteiger partial charge in [0.1, 0.15) is 0 Å². The van der Waals surface area contributed by atoms with Crippen LogP contribution < -0.4 is 5.73 Å². The van der Waals surface area contributed by atoms with E-state index in [4.69, 9.17) is 5.73 Å². The van der Waals surface area contributed by atoms with Crippen molar-refractivity contribution in [3.63, 3.8) is 0 Å². The molecule has 1 saturated carbocycles. The lowest BCUT2D eigenvalue weighted by Crippen LogP contribution is -2.35. The highest BCUT2D eigenvalue weighted by Gasteiger charge is 2.68. The summed E-state index contributed by atoms with van der Waals surface area (Å²) in [7, 11) is -3.24. The van der Waals surface area contributed by atoms with E-state index in [-0.39, 0.29) is 18.3 Å². The Balaban J connectivity index is 2.37. The van der Waals surface area contributed by atoms with Crippen molar-refractivity contribution in [1.82, 2.24) is 0 Å². The molecule has 0 spiro atoms. The molecule has 0 unspecified atom stereocenters. The fraction of sp³-hybridized carbons (Fsp3) is 0.538. The van der Waals surface area contributed by atoms with E-state index in [0.29, 0.717) is 0 Å². The van der Waals surface area contributed by atoms with Crippen LogP contribution in [0.15, 0.2) is 24.3 Å². The zero-order chi connectivity index (χ0) is 13.6. The van der Waals surface area contributed by atoms with Crippen molar-refractivity contribution in [2.75, 3.05) is 12.4 Å². The molecule has 0 aromatic heterocycles. The van der Waals surface area contributed by atoms with Gasteiger partial charge in [0, 0.05) is 11.7 Å². The first-order chi connectivity index (χ1) is 8.36. The summed E-state index contributed by atoms with van der Waals surface area (Å²) in [6, 6.07) is 7.65. The first-order valence-electron chi connectivity index (χ1n) is 6.04. The first-order valence-corrected chi connectivity index (χ1v) is 7.76. The van der Waals surface area contributed by atoms with E-state index in [9.17, 15) is 13.5 Å². The molecule has 100 valence electrons. The smallest absolute Gasteiger partial charge is 0.155 e. The fourth-order valence-electron chi connectivity index (χ4n) is 2.59. The van der Waals surface area contributed by atoms with E-state index in [1.807, 2.05) is 31.2 Å². The molecule has 5 heteroatoms. The Hall–Kier alpha value is -0.910. The van der Waals surface area contributed by atoms with Crippen LogP contribution in [0.25, 0.3) is 0 Å². The molecule has 0 heterocycles. The van der Waals surface area contributed by atoms with E-state index in [0.717, 1.165) is 11.1 Å². The molecular weight excluding hydrogens is 250 g/mol. The van der Waals surface area contributed by atoms with E-state index in [1.165, 1.54) is 0 Å². The number of aliphatic hydroxyl groups excluding tert-OH is 1. The van der Waals surface area contributed by atoms with Gasteiger partial charge < -0.3 is 10.8 Å². The molecule has 1 fully saturated rings. The molecule has 0 saturated heterocycles. The average molecular weight is 269 g/mol. The average Bonchev–Trinajstić information content (AvgIpc) is 2.98. The summed E-state index contributed by atoms with van der Waals surface area (Å²) < 4.78 is 24.0. The maximum absolute atomic E-state index is 12.0. The number of hydrogen-bond acceptors (Lipinski definition) is 4. The Morgan fingerprint density at radius 3 is 2.33 bits per heavy atom. The summed E-state index contributed by atoms with van der Waals surface area (Å²) in [5.41, 5.74) is 7.01. The zero-order valence-electron chi connectivity index (χ0n) is 10.6. The number of aliphatic hydroxyl groups is 1. The third kappa shape index (κ3) is 1.96. The third-order valence-electron chi connectivity index (χ3n) is 3.80. The van der Waals surface area contributed by atoms with Crippen molar-refractivity contribution in [2.45, 2.75) is 30.6 Å². The van der Waals surface area contributed by atoms with Gasteiger partial charge in [-0.3, -0.25) is 0 Å². The number of sulfone groups is 1. The molecule has 4 nitrogen and oxygen atoms in total. The van der Waals surface area contributed by atoms with Crippen molar-refractivity contribution < 1.29 is 13.5 Å². The Bertz CT molecular complexity index is 538. The molecule has 1 aliphatic carbocycles. The number of benzene rings is 1. The molecule has 3 atom stereocenters. The molecular formula is C13H19NO3S. The van der Waals surface area contributed by atoms with Crippen molar-refractivity contribution in [2.24, 2.45) is 5.73 Å². The van der Waals surface area contributed by atoms with Gasteiger partial charge in [0.05, 0.1) is 17.4 Å². The van der Waals surface area contributed by atoms with E-state index < -0.39 is 20.6 Å². The van der Waals surface area contributed by atoms with Crippen molar-refractivity contribution in [3.05, 3.63) is 35.4 Å². The second-order valence-electron chi connectivity index (χ2n) is 5.03. The quantitative estimate of drug-likeness (QED) is 0.838. The summed E-state index contributed by atoms with van der Waals surface area (Å²) in [4.78, 5) is 0. The standard InChI is InChI=1S/C13H19NO3S/c1-3-18(16,17)12-11(13(12,14)8-15)10-6-4-9(2)5-7-10/h4-7,11-12,15H,3,8,14H2,1-2H3/t11-,12-,13+/m1/s1. The third-order valence-corrected chi connectivity index (χ3v) is 6.09. The molecule has 2 rings (SSSR count). The van der Waals surface area contributed by atoms with Crippen molar-refractivity contribution >= 4 is 9.84 Å². The number of aryl methyl sites for hydroxylation is 1. The van der Waals surface area contributed by atoms with Gasteiger partial charge in [0.2, 0.25) is 0 Å². The minimum atomic E-state index is -3.24. The van der Waals surface area contributed by atoms with Crippen LogP contribution in [0.2, 0.25) is 0 Å². The van der Waals surface area contributed by atoms with Crippen LogP contribution in [-0.2, 0) is 9.84 Å². The Morgan fingerprint density at radius 2 is 1.89 bits per heavy atom. The SMILES string of the molecule is CCS(=O)(=O)[C@@H]1[C@@H](c2ccc(C)cc2)[C@@]1(N)CO. The number of rotatable bonds is 4. The molecule has 0 aliphatic heterocycles. The Kier molecular flexibility index (Phi) is 3.25. The molecule has 3 N–H and O–H groups in total. The molecule has 0 radical (unpaired) electrons. The van der Waals surface area contributed by atoms with Gasteiger partial charge in [-0.15, -0.1) is 0 Å². The van der Waals surface area contributed by atoms with Crippen LogP contribution in [0.5, 0.6) is 0 Å². The molecule has 18 heavy (non-hydrogen) atoms. The predicted molar refractivity (Wildman–Crippen MR) is 71.2 cm³/mol. The van der Waals surface area contributed by atoms with Crippen LogP contribution in [-0.4, -0.2) is 36.7 Å². The lowest BCUT2D eigenvalue weighted by molar-refractivity contribution is 0.253. The van der Waals surface area contributed by atoms with Gasteiger partial charge in [-0.2, -0.15) is 0 Å². The minimum absolute atomic E-state index is 0.0545. The van der Waals surface area contributed by atoms with Crippen LogP contribution >= 0.6 is 0 Å². The van der Waals surface area contributed by atoms with Gasteiger partial charge in [0.25, 0.3) is 0 Å². The van der Waals surface area contributed by atoms with Crippen molar-refractivity contribution in [1.29, 1.82) is 0 Å². The van der Waals surface area contributed by atoms with Crippen LogP contribution in [0.4, 0.5) is 0 Å². The van der Waals surface area contributed by atoms with Crippen LogP contribution in [0.3, 0.4) is 0 Å². The van der Waals surface area contributed by atoms with E-state index >= 15 is 0 Å². The number of nitrogens with two attached hydrogens (primary N) is 1. The Morgan fingerprint density at radius 1 is 1.33 bits per heavy atom. The topological polar surface area (TPSA) is 80.4 Å². The summed E-state index contributed by atoms with van der Waals surface area (Å²) in [5.74, 6) is -0.244. The summed E-state index contributed by atoms with van der Waals surface area (Å²) in [5, 5.41) is 8.73. The van der Waals surface area contributed by atoms with E-state index in [2.05, 4.69) is 0 Å². The summed E-state index contributed by atoms with van der Waals surface area (Å²) in [6.07, 6.45) is 0. The van der Waals surface area contributed by atoms with Crippen LogP contribution in [0.1, 0.15) is 24.0 Å². The maximum Gasteiger partial charge on any atom is 0.155 e. The molecule has 0 amide bonds. The normalized spacial score (nSPS) is 31.3. The largest absolute Gasteiger partial charge is 0.394 e. The van der Waals surface area contributed by atoms with Gasteiger partial charge >= 0.3 is 0 Å². The minimum Gasteiger partial charge on any atom is -0.394 e. The fourth-order valence-corrected chi connectivity index (χ4v) is 4.59. The lowest BCUT2D eigenvalue weighted by Gasteiger charge is -2.07. The lowest BCUT2D eigenvalue weighted by atomic mass is 10.1. The number of hydrogen-bond donors (Lipinski definition) is 2. The highest BCUT2D eigenvalue weighted by molar-refractivity contribution is 7.92. The molecule has 1 aromatic carbocycles. The van der Waals surface area contributed by atoms with Gasteiger partial charge in [-0.25, -0.2) is 8.42 Å². The molecule has 1 aliphatic rings. The van der Waals surface area contributed by atoms with Gasteiger partial charge in [-0.05, 0) is 12.5 Å². The monoisotopic (exact) mass is 269 g/mol. The second-order valence-corrected chi connectivity index (χ2v) is 7.44. The summed E-state index contributed by atoms with van der Waals surface area (Å²) in [6.45, 7) is 3.27. The zero-order valence-corrected chi connectivity index (χ0v) is 11.4. The molecule has 0 bridgehead atoms. The van der Waals surface area contributed by atoms with E-state index in [1.54, 1.807) is 6.92 Å². The maximum atomic E-state index is 12.0. The second kappa shape index (κ2) is 4.33. The highest BCUT2D eigenvalue weighted by Crippen LogP contribution is 2.53. The van der Waals surface area contributed by atoms with Gasteiger partial charge in [-0.1, -0.05) is 36.8 Å². The highest BCUT2D eigenvalue weighted by atomic mass is 32.2. The van der Waals surface area contributed by atoms with Gasteiger partial charge in [0.15, 0.2) is 9.84 Å².